The van der Waals surface area contributed by atoms with Crippen molar-refractivity contribution in [3.8, 4) is 5.75 Å². The third-order valence-electron chi connectivity index (χ3n) is 4.08. The highest BCUT2D eigenvalue weighted by Gasteiger charge is 2.34. The van der Waals surface area contributed by atoms with Crippen molar-refractivity contribution in [1.82, 2.24) is 5.32 Å². The van der Waals surface area contributed by atoms with Gasteiger partial charge in [-0.15, -0.1) is 0 Å². The van der Waals surface area contributed by atoms with E-state index in [4.69, 9.17) is 9.47 Å². The van der Waals surface area contributed by atoms with E-state index in [0.717, 1.165) is 11.3 Å². The molecule has 0 aliphatic rings. The lowest BCUT2D eigenvalue weighted by Crippen LogP contribution is -2.39. The fourth-order valence-electron chi connectivity index (χ4n) is 2.27. The van der Waals surface area contributed by atoms with Crippen LogP contribution < -0.4 is 10.1 Å². The number of ether oxygens (including phenoxy) is 2. The molecular formula is C17H27NO4. The fraction of sp³-hybridized carbons (Fsp3) is 0.588. The molecule has 5 nitrogen and oxygen atoms in total. The van der Waals surface area contributed by atoms with Gasteiger partial charge in [0.2, 0.25) is 0 Å². The largest absolute Gasteiger partial charge is 0.491 e. The van der Waals surface area contributed by atoms with Gasteiger partial charge in [-0.1, -0.05) is 26.0 Å². The van der Waals surface area contributed by atoms with Gasteiger partial charge in [-0.25, -0.2) is 0 Å². The van der Waals surface area contributed by atoms with Crippen LogP contribution in [-0.2, 0) is 16.1 Å². The van der Waals surface area contributed by atoms with Crippen molar-refractivity contribution in [3.63, 3.8) is 0 Å². The minimum atomic E-state index is -0.730. The molecule has 22 heavy (non-hydrogen) atoms. The predicted octanol–water partition coefficient (Wildman–Crippen LogP) is 2.69. The minimum Gasteiger partial charge on any atom is -0.491 e. The number of carbonyl (C=O) groups is 1. The van der Waals surface area contributed by atoms with Gasteiger partial charge in [-0.3, -0.25) is 4.79 Å². The quantitative estimate of drug-likeness (QED) is 0.615. The average molecular weight is 309 g/mol. The number of aliphatic carboxylic acids is 1. The summed E-state index contributed by atoms with van der Waals surface area (Å²) in [6.45, 7) is 6.06. The van der Waals surface area contributed by atoms with Crippen molar-refractivity contribution in [2.75, 3.05) is 26.9 Å². The molecule has 0 aliphatic heterocycles. The van der Waals surface area contributed by atoms with Crippen molar-refractivity contribution >= 4 is 5.97 Å². The topological polar surface area (TPSA) is 67.8 Å². The Morgan fingerprint density at radius 3 is 2.32 bits per heavy atom. The van der Waals surface area contributed by atoms with Crippen LogP contribution in [-0.4, -0.2) is 37.9 Å². The van der Waals surface area contributed by atoms with E-state index >= 15 is 0 Å². The van der Waals surface area contributed by atoms with Gasteiger partial charge >= 0.3 is 5.97 Å². The van der Waals surface area contributed by atoms with E-state index < -0.39 is 11.4 Å². The molecule has 1 rings (SSSR count). The van der Waals surface area contributed by atoms with Gasteiger partial charge in [0, 0.05) is 20.2 Å². The first-order valence-electron chi connectivity index (χ1n) is 7.72. The third kappa shape index (κ3) is 5.31. The Bertz CT molecular complexity index is 440. The molecule has 0 radical (unpaired) electrons. The summed E-state index contributed by atoms with van der Waals surface area (Å²) in [5.41, 5.74) is 0.425. The molecule has 0 saturated heterocycles. The van der Waals surface area contributed by atoms with Crippen LogP contribution in [0.5, 0.6) is 5.75 Å². The number of carboxylic acid groups (broad SMARTS) is 1. The molecule has 0 aliphatic carbocycles. The number of hydrogen-bond acceptors (Lipinski definition) is 4. The van der Waals surface area contributed by atoms with E-state index in [1.807, 2.05) is 38.1 Å². The Hall–Kier alpha value is -1.59. The van der Waals surface area contributed by atoms with Crippen LogP contribution in [0.1, 0.15) is 32.3 Å². The van der Waals surface area contributed by atoms with Crippen molar-refractivity contribution in [1.29, 1.82) is 0 Å². The number of methoxy groups -OCH3 is 1. The highest BCUT2D eigenvalue weighted by Crippen LogP contribution is 2.25. The van der Waals surface area contributed by atoms with E-state index in [1.165, 1.54) is 0 Å². The van der Waals surface area contributed by atoms with Crippen LogP contribution in [0.2, 0.25) is 0 Å². The van der Waals surface area contributed by atoms with Gasteiger partial charge < -0.3 is 19.9 Å². The molecule has 0 bridgehead atoms. The van der Waals surface area contributed by atoms with Crippen LogP contribution >= 0.6 is 0 Å². The standard InChI is InChI=1S/C17H27NO4/c1-4-17(5-2,16(19)20)13-18-12-14-6-8-15(9-7-14)22-11-10-21-3/h6-9,18H,4-5,10-13H2,1-3H3,(H,19,20). The second-order valence-corrected chi connectivity index (χ2v) is 5.38. The molecule has 124 valence electrons. The van der Waals surface area contributed by atoms with Gasteiger partial charge in [0.15, 0.2) is 0 Å². The molecule has 0 saturated carbocycles. The Morgan fingerprint density at radius 2 is 1.82 bits per heavy atom. The molecule has 0 heterocycles. The van der Waals surface area contributed by atoms with Crippen molar-refractivity contribution < 1.29 is 19.4 Å². The molecule has 0 atom stereocenters. The average Bonchev–Trinajstić information content (AvgIpc) is 2.53. The van der Waals surface area contributed by atoms with Crippen LogP contribution in [0.15, 0.2) is 24.3 Å². The SMILES string of the molecule is CCC(CC)(CNCc1ccc(OCCOC)cc1)C(=O)O. The van der Waals surface area contributed by atoms with Crippen LogP contribution in [0.3, 0.4) is 0 Å². The molecule has 2 N–H and O–H groups in total. The summed E-state index contributed by atoms with van der Waals surface area (Å²) in [7, 11) is 1.64. The molecule has 0 amide bonds. The van der Waals surface area contributed by atoms with Crippen LogP contribution in [0.4, 0.5) is 0 Å². The summed E-state index contributed by atoms with van der Waals surface area (Å²) < 4.78 is 10.4. The molecule has 0 fully saturated rings. The van der Waals surface area contributed by atoms with E-state index in [9.17, 15) is 9.90 Å². The van der Waals surface area contributed by atoms with Gasteiger partial charge in [0.05, 0.1) is 12.0 Å². The Kier molecular flexibility index (Phi) is 7.91. The lowest BCUT2D eigenvalue weighted by atomic mass is 9.82. The van der Waals surface area contributed by atoms with E-state index in [1.54, 1.807) is 7.11 Å². The van der Waals surface area contributed by atoms with Crippen LogP contribution in [0.25, 0.3) is 0 Å². The summed E-state index contributed by atoms with van der Waals surface area (Å²) in [6, 6.07) is 7.79. The maximum absolute atomic E-state index is 11.4. The van der Waals surface area contributed by atoms with Gasteiger partial charge in [-0.05, 0) is 30.5 Å². The number of nitrogens with one attached hydrogen (secondary N) is 1. The monoisotopic (exact) mass is 309 g/mol. The number of benzene rings is 1. The first kappa shape index (κ1) is 18.5. The van der Waals surface area contributed by atoms with Crippen molar-refractivity contribution in [2.45, 2.75) is 33.2 Å². The van der Waals surface area contributed by atoms with Crippen LogP contribution in [0, 0.1) is 5.41 Å². The summed E-state index contributed by atoms with van der Waals surface area (Å²) >= 11 is 0. The molecule has 0 unspecified atom stereocenters. The summed E-state index contributed by atoms with van der Waals surface area (Å²) in [5, 5.41) is 12.6. The molecule has 0 spiro atoms. The summed E-state index contributed by atoms with van der Waals surface area (Å²) in [6.07, 6.45) is 1.25. The Morgan fingerprint density at radius 1 is 1.18 bits per heavy atom. The van der Waals surface area contributed by atoms with E-state index in [2.05, 4.69) is 5.32 Å². The first-order chi connectivity index (χ1) is 10.6. The fourth-order valence-corrected chi connectivity index (χ4v) is 2.27. The Labute approximate surface area is 132 Å². The summed E-state index contributed by atoms with van der Waals surface area (Å²) in [5.74, 6) is 0.0784. The highest BCUT2D eigenvalue weighted by atomic mass is 16.5. The molecule has 1 aromatic carbocycles. The van der Waals surface area contributed by atoms with Gasteiger partial charge in [0.1, 0.15) is 12.4 Å². The molecule has 1 aromatic rings. The lowest BCUT2D eigenvalue weighted by Gasteiger charge is -2.27. The van der Waals surface area contributed by atoms with Crippen molar-refractivity contribution in [3.05, 3.63) is 29.8 Å². The predicted molar refractivity (Wildman–Crippen MR) is 86.2 cm³/mol. The smallest absolute Gasteiger partial charge is 0.310 e. The molecule has 0 aromatic heterocycles. The summed E-state index contributed by atoms with van der Waals surface area (Å²) in [4.78, 5) is 11.4. The third-order valence-corrected chi connectivity index (χ3v) is 4.08. The number of carboxylic acids is 1. The van der Waals surface area contributed by atoms with Crippen molar-refractivity contribution in [2.24, 2.45) is 5.41 Å². The van der Waals surface area contributed by atoms with E-state index in [-0.39, 0.29) is 0 Å². The number of hydrogen-bond donors (Lipinski definition) is 2. The lowest BCUT2D eigenvalue weighted by molar-refractivity contribution is -0.149. The highest BCUT2D eigenvalue weighted by molar-refractivity contribution is 5.74. The number of rotatable bonds is 11. The zero-order chi connectivity index (χ0) is 16.4. The molecule has 5 heteroatoms. The first-order valence-corrected chi connectivity index (χ1v) is 7.72. The maximum atomic E-state index is 11.4. The Balaban J connectivity index is 2.46. The minimum absolute atomic E-state index is 0.474. The van der Waals surface area contributed by atoms with E-state index in [0.29, 0.717) is 39.1 Å². The maximum Gasteiger partial charge on any atom is 0.310 e. The second-order valence-electron chi connectivity index (χ2n) is 5.38. The van der Waals surface area contributed by atoms with Gasteiger partial charge in [-0.2, -0.15) is 0 Å². The zero-order valence-electron chi connectivity index (χ0n) is 13.7. The normalized spacial score (nSPS) is 11.4. The van der Waals surface area contributed by atoms with Gasteiger partial charge in [0.25, 0.3) is 0 Å². The second kappa shape index (κ2) is 9.43. The zero-order valence-corrected chi connectivity index (χ0v) is 13.7. The molecular weight excluding hydrogens is 282 g/mol.